The summed E-state index contributed by atoms with van der Waals surface area (Å²) >= 11 is 1.67. The molecule has 96 valence electrons. The Kier molecular flexibility index (Phi) is 4.61. The SMILES string of the molecule is CCOCc1ccccc1NCc1sccc1N. The molecule has 0 saturated heterocycles. The summed E-state index contributed by atoms with van der Waals surface area (Å²) in [5, 5.41) is 5.43. The van der Waals surface area contributed by atoms with Gasteiger partial charge in [0, 0.05) is 28.4 Å². The van der Waals surface area contributed by atoms with Crippen molar-refractivity contribution in [3.8, 4) is 0 Å². The van der Waals surface area contributed by atoms with E-state index < -0.39 is 0 Å². The maximum atomic E-state index is 5.87. The summed E-state index contributed by atoms with van der Waals surface area (Å²) in [6, 6.07) is 10.1. The van der Waals surface area contributed by atoms with Crippen molar-refractivity contribution in [2.24, 2.45) is 0 Å². The van der Waals surface area contributed by atoms with E-state index in [-0.39, 0.29) is 0 Å². The predicted octanol–water partition coefficient (Wildman–Crippen LogP) is 3.48. The predicted molar refractivity (Wildman–Crippen MR) is 77.8 cm³/mol. The van der Waals surface area contributed by atoms with Crippen LogP contribution in [0.5, 0.6) is 0 Å². The summed E-state index contributed by atoms with van der Waals surface area (Å²) in [5.74, 6) is 0. The Hall–Kier alpha value is -1.52. The lowest BCUT2D eigenvalue weighted by Gasteiger charge is -2.11. The summed E-state index contributed by atoms with van der Waals surface area (Å²) in [4.78, 5) is 1.17. The Morgan fingerprint density at radius 1 is 1.28 bits per heavy atom. The molecular weight excluding hydrogens is 244 g/mol. The van der Waals surface area contributed by atoms with Crippen LogP contribution >= 0.6 is 11.3 Å². The van der Waals surface area contributed by atoms with Gasteiger partial charge in [-0.05, 0) is 24.4 Å². The quantitative estimate of drug-likeness (QED) is 0.838. The van der Waals surface area contributed by atoms with E-state index in [0.717, 1.165) is 24.5 Å². The van der Waals surface area contributed by atoms with Gasteiger partial charge in [-0.3, -0.25) is 0 Å². The zero-order chi connectivity index (χ0) is 12.8. The minimum Gasteiger partial charge on any atom is -0.398 e. The standard InChI is InChI=1S/C14H18N2OS/c1-2-17-10-11-5-3-4-6-13(11)16-9-14-12(15)7-8-18-14/h3-8,16H,2,9-10,15H2,1H3. The topological polar surface area (TPSA) is 47.3 Å². The van der Waals surface area contributed by atoms with Crippen LogP contribution in [0.1, 0.15) is 17.4 Å². The van der Waals surface area contributed by atoms with Crippen LogP contribution in [0.25, 0.3) is 0 Å². The molecule has 0 aliphatic heterocycles. The molecule has 0 bridgehead atoms. The number of benzene rings is 1. The first-order valence-electron chi connectivity index (χ1n) is 6.02. The van der Waals surface area contributed by atoms with E-state index in [0.29, 0.717) is 6.61 Å². The maximum absolute atomic E-state index is 5.87. The monoisotopic (exact) mass is 262 g/mol. The number of nitrogens with two attached hydrogens (primary N) is 1. The molecule has 0 aliphatic rings. The lowest BCUT2D eigenvalue weighted by atomic mass is 10.2. The van der Waals surface area contributed by atoms with Gasteiger partial charge < -0.3 is 15.8 Å². The number of anilines is 2. The van der Waals surface area contributed by atoms with Crippen molar-refractivity contribution >= 4 is 22.7 Å². The molecule has 3 N–H and O–H groups in total. The molecule has 0 radical (unpaired) electrons. The van der Waals surface area contributed by atoms with Gasteiger partial charge in [0.1, 0.15) is 0 Å². The van der Waals surface area contributed by atoms with Crippen LogP contribution in [0.15, 0.2) is 35.7 Å². The molecule has 0 amide bonds. The summed E-state index contributed by atoms with van der Waals surface area (Å²) in [6.45, 7) is 4.13. The highest BCUT2D eigenvalue weighted by Crippen LogP contribution is 2.22. The second kappa shape index (κ2) is 6.42. The van der Waals surface area contributed by atoms with E-state index in [1.165, 1.54) is 10.4 Å². The Morgan fingerprint density at radius 2 is 2.11 bits per heavy atom. The van der Waals surface area contributed by atoms with Crippen molar-refractivity contribution in [1.29, 1.82) is 0 Å². The van der Waals surface area contributed by atoms with Crippen LogP contribution in [0.4, 0.5) is 11.4 Å². The molecule has 4 heteroatoms. The van der Waals surface area contributed by atoms with Gasteiger partial charge in [-0.1, -0.05) is 18.2 Å². The van der Waals surface area contributed by atoms with Gasteiger partial charge in [-0.2, -0.15) is 0 Å². The van der Waals surface area contributed by atoms with Crippen molar-refractivity contribution in [2.75, 3.05) is 17.7 Å². The Balaban J connectivity index is 2.02. The largest absolute Gasteiger partial charge is 0.398 e. The molecule has 1 heterocycles. The van der Waals surface area contributed by atoms with Gasteiger partial charge in [-0.15, -0.1) is 11.3 Å². The molecule has 1 aromatic carbocycles. The molecule has 18 heavy (non-hydrogen) atoms. The van der Waals surface area contributed by atoms with Gasteiger partial charge in [0.05, 0.1) is 13.2 Å². The van der Waals surface area contributed by atoms with E-state index in [1.807, 2.05) is 30.5 Å². The molecule has 3 nitrogen and oxygen atoms in total. The summed E-state index contributed by atoms with van der Waals surface area (Å²) in [5.41, 5.74) is 9.01. The van der Waals surface area contributed by atoms with Crippen LogP contribution in [-0.2, 0) is 17.9 Å². The van der Waals surface area contributed by atoms with Crippen LogP contribution in [0, 0.1) is 0 Å². The molecule has 0 aliphatic carbocycles. The van der Waals surface area contributed by atoms with E-state index in [1.54, 1.807) is 11.3 Å². The molecule has 0 spiro atoms. The molecule has 0 atom stereocenters. The normalized spacial score (nSPS) is 10.5. The third-order valence-electron chi connectivity index (χ3n) is 2.70. The van der Waals surface area contributed by atoms with Crippen molar-refractivity contribution in [2.45, 2.75) is 20.1 Å². The number of hydrogen-bond donors (Lipinski definition) is 2. The second-order valence-electron chi connectivity index (χ2n) is 3.95. The zero-order valence-corrected chi connectivity index (χ0v) is 11.3. The molecular formula is C14H18N2OS. The average molecular weight is 262 g/mol. The number of rotatable bonds is 6. The fourth-order valence-corrected chi connectivity index (χ4v) is 2.44. The number of nitrogen functional groups attached to an aromatic ring is 1. The highest BCUT2D eigenvalue weighted by atomic mass is 32.1. The molecule has 0 unspecified atom stereocenters. The summed E-state index contributed by atoms with van der Waals surface area (Å²) < 4.78 is 5.46. The zero-order valence-electron chi connectivity index (χ0n) is 10.5. The minimum absolute atomic E-state index is 0.638. The third kappa shape index (κ3) is 3.24. The first-order chi connectivity index (χ1) is 8.81. The average Bonchev–Trinajstić information content (AvgIpc) is 2.80. The van der Waals surface area contributed by atoms with E-state index >= 15 is 0 Å². The van der Waals surface area contributed by atoms with Crippen LogP contribution in [0.2, 0.25) is 0 Å². The van der Waals surface area contributed by atoms with E-state index in [9.17, 15) is 0 Å². The molecule has 0 fully saturated rings. The number of nitrogens with one attached hydrogen (secondary N) is 1. The third-order valence-corrected chi connectivity index (χ3v) is 3.64. The van der Waals surface area contributed by atoms with Crippen LogP contribution in [0.3, 0.4) is 0 Å². The smallest absolute Gasteiger partial charge is 0.0736 e. The lowest BCUT2D eigenvalue weighted by molar-refractivity contribution is 0.134. The van der Waals surface area contributed by atoms with E-state index in [4.69, 9.17) is 10.5 Å². The Morgan fingerprint density at radius 3 is 2.83 bits per heavy atom. The van der Waals surface area contributed by atoms with Crippen molar-refractivity contribution in [3.05, 3.63) is 46.2 Å². The van der Waals surface area contributed by atoms with Crippen molar-refractivity contribution in [3.63, 3.8) is 0 Å². The van der Waals surface area contributed by atoms with Gasteiger partial charge >= 0.3 is 0 Å². The second-order valence-corrected chi connectivity index (χ2v) is 4.95. The van der Waals surface area contributed by atoms with Crippen molar-refractivity contribution < 1.29 is 4.74 Å². The van der Waals surface area contributed by atoms with Crippen molar-refractivity contribution in [1.82, 2.24) is 0 Å². The van der Waals surface area contributed by atoms with Gasteiger partial charge in [0.2, 0.25) is 0 Å². The summed E-state index contributed by atoms with van der Waals surface area (Å²) in [6.07, 6.45) is 0. The number of para-hydroxylation sites is 1. The highest BCUT2D eigenvalue weighted by Gasteiger charge is 2.04. The lowest BCUT2D eigenvalue weighted by Crippen LogP contribution is -2.03. The first kappa shape index (κ1) is 12.9. The van der Waals surface area contributed by atoms with Crippen LogP contribution in [-0.4, -0.2) is 6.61 Å². The van der Waals surface area contributed by atoms with Crippen LogP contribution < -0.4 is 11.1 Å². The van der Waals surface area contributed by atoms with Gasteiger partial charge in [-0.25, -0.2) is 0 Å². The van der Waals surface area contributed by atoms with Gasteiger partial charge in [0.25, 0.3) is 0 Å². The molecule has 1 aromatic heterocycles. The summed E-state index contributed by atoms with van der Waals surface area (Å²) in [7, 11) is 0. The fraction of sp³-hybridized carbons (Fsp3) is 0.286. The molecule has 0 saturated carbocycles. The Bertz CT molecular complexity index is 496. The highest BCUT2D eigenvalue weighted by molar-refractivity contribution is 7.10. The fourth-order valence-electron chi connectivity index (χ4n) is 1.70. The first-order valence-corrected chi connectivity index (χ1v) is 6.90. The maximum Gasteiger partial charge on any atom is 0.0736 e. The Labute approximate surface area is 112 Å². The number of ether oxygens (including phenoxy) is 1. The minimum atomic E-state index is 0.638. The number of thiophene rings is 1. The van der Waals surface area contributed by atoms with Gasteiger partial charge in [0.15, 0.2) is 0 Å². The molecule has 2 rings (SSSR count). The number of hydrogen-bond acceptors (Lipinski definition) is 4. The van der Waals surface area contributed by atoms with E-state index in [2.05, 4.69) is 17.4 Å². The molecule has 2 aromatic rings.